The van der Waals surface area contributed by atoms with E-state index in [0.29, 0.717) is 15.5 Å². The molecular weight excluding hydrogens is 425 g/mol. The average molecular weight is 437 g/mol. The highest BCUT2D eigenvalue weighted by Crippen LogP contribution is 2.36. The maximum atomic E-state index is 12.6. The monoisotopic (exact) mass is 436 g/mol. The van der Waals surface area contributed by atoms with Crippen molar-refractivity contribution in [2.75, 3.05) is 0 Å². The molecular formula is C16H12ClF3N2O3S2. The van der Waals surface area contributed by atoms with Gasteiger partial charge in [0.1, 0.15) is 5.69 Å². The summed E-state index contributed by atoms with van der Waals surface area (Å²) < 4.78 is 69.7. The molecule has 27 heavy (non-hydrogen) atoms. The molecule has 2 aromatic heterocycles. The number of benzene rings is 1. The van der Waals surface area contributed by atoms with Crippen LogP contribution in [0.4, 0.5) is 13.2 Å². The van der Waals surface area contributed by atoms with E-state index >= 15 is 0 Å². The minimum atomic E-state index is -4.66. The molecule has 3 rings (SSSR count). The quantitative estimate of drug-likeness (QED) is 0.619. The van der Waals surface area contributed by atoms with E-state index in [4.69, 9.17) is 11.6 Å². The lowest BCUT2D eigenvalue weighted by Gasteiger charge is -2.06. The van der Waals surface area contributed by atoms with Crippen molar-refractivity contribution in [3.63, 3.8) is 0 Å². The first-order chi connectivity index (χ1) is 12.6. The Bertz CT molecular complexity index is 1060. The van der Waals surface area contributed by atoms with Crippen LogP contribution in [0.2, 0.25) is 5.02 Å². The van der Waals surface area contributed by atoms with Gasteiger partial charge < -0.3 is 4.52 Å². The second-order valence-electron chi connectivity index (χ2n) is 5.56. The zero-order valence-corrected chi connectivity index (χ0v) is 16.1. The maximum Gasteiger partial charge on any atom is 0.452 e. The van der Waals surface area contributed by atoms with Gasteiger partial charge in [0.15, 0.2) is 0 Å². The maximum absolute atomic E-state index is 12.6. The number of thiophene rings is 1. The second kappa shape index (κ2) is 7.27. The lowest BCUT2D eigenvalue weighted by Crippen LogP contribution is -2.23. The van der Waals surface area contributed by atoms with Crippen molar-refractivity contribution >= 4 is 33.0 Å². The van der Waals surface area contributed by atoms with Gasteiger partial charge in [-0.15, -0.1) is 11.3 Å². The van der Waals surface area contributed by atoms with Gasteiger partial charge in [0.25, 0.3) is 0 Å². The van der Waals surface area contributed by atoms with Gasteiger partial charge in [-0.25, -0.2) is 13.1 Å². The van der Waals surface area contributed by atoms with Crippen molar-refractivity contribution in [1.82, 2.24) is 9.88 Å². The van der Waals surface area contributed by atoms with Crippen molar-refractivity contribution in [3.05, 3.63) is 57.6 Å². The fourth-order valence-corrected chi connectivity index (χ4v) is 4.93. The van der Waals surface area contributed by atoms with Gasteiger partial charge in [0.2, 0.25) is 15.8 Å². The minimum absolute atomic E-state index is 0.0203. The van der Waals surface area contributed by atoms with Gasteiger partial charge in [-0.05, 0) is 30.7 Å². The van der Waals surface area contributed by atoms with Crippen molar-refractivity contribution in [2.45, 2.75) is 24.5 Å². The van der Waals surface area contributed by atoms with Crippen LogP contribution in [0, 0.1) is 6.92 Å². The molecule has 3 aromatic rings. The Labute approximate surface area is 161 Å². The molecule has 0 saturated carbocycles. The first-order valence-corrected chi connectivity index (χ1v) is 10.1. The Balaban J connectivity index is 1.82. The Hall–Kier alpha value is -1.88. The molecule has 0 aliphatic rings. The molecule has 0 saturated heterocycles. The minimum Gasteiger partial charge on any atom is -0.351 e. The average Bonchev–Trinajstić information content (AvgIpc) is 3.21. The summed E-state index contributed by atoms with van der Waals surface area (Å²) in [7, 11) is -3.86. The number of hydrogen-bond donors (Lipinski definition) is 1. The Morgan fingerprint density at radius 1 is 1.22 bits per heavy atom. The first kappa shape index (κ1) is 19.9. The largest absolute Gasteiger partial charge is 0.452 e. The van der Waals surface area contributed by atoms with Gasteiger partial charge in [0, 0.05) is 22.5 Å². The zero-order valence-electron chi connectivity index (χ0n) is 13.7. The molecule has 1 N–H and O–H groups in total. The summed E-state index contributed by atoms with van der Waals surface area (Å²) in [5, 5.41) is 3.91. The number of nitrogens with one attached hydrogen (secondary N) is 1. The topological polar surface area (TPSA) is 72.2 Å². The summed E-state index contributed by atoms with van der Waals surface area (Å²) >= 11 is 6.80. The van der Waals surface area contributed by atoms with Crippen LogP contribution in [0.15, 0.2) is 45.8 Å². The molecule has 0 atom stereocenters. The molecule has 0 fully saturated rings. The van der Waals surface area contributed by atoms with E-state index < -0.39 is 22.0 Å². The van der Waals surface area contributed by atoms with E-state index in [1.807, 2.05) is 0 Å². The zero-order chi connectivity index (χ0) is 19.8. The number of hydrogen-bond acceptors (Lipinski definition) is 5. The van der Waals surface area contributed by atoms with Crippen molar-refractivity contribution < 1.29 is 26.1 Å². The third-order valence-electron chi connectivity index (χ3n) is 3.58. The predicted molar refractivity (Wildman–Crippen MR) is 95.0 cm³/mol. The molecule has 1 aromatic carbocycles. The molecule has 0 bridgehead atoms. The number of rotatable bonds is 5. The fourth-order valence-electron chi connectivity index (χ4n) is 2.24. The van der Waals surface area contributed by atoms with Crippen LogP contribution in [-0.2, 0) is 22.7 Å². The predicted octanol–water partition coefficient (Wildman–Crippen LogP) is 4.86. The third-order valence-corrected chi connectivity index (χ3v) is 6.56. The van der Waals surface area contributed by atoms with Gasteiger partial charge in [-0.3, -0.25) is 0 Å². The summed E-state index contributed by atoms with van der Waals surface area (Å²) in [5.74, 6) is -1.24. The number of aromatic nitrogens is 1. The Morgan fingerprint density at radius 3 is 2.48 bits per heavy atom. The highest BCUT2D eigenvalue weighted by molar-refractivity contribution is 7.89. The number of halogens is 4. The smallest absolute Gasteiger partial charge is 0.351 e. The molecule has 5 nitrogen and oxygen atoms in total. The van der Waals surface area contributed by atoms with Crippen LogP contribution in [-0.4, -0.2) is 13.6 Å². The van der Waals surface area contributed by atoms with E-state index in [9.17, 15) is 21.6 Å². The second-order valence-corrected chi connectivity index (χ2v) is 8.98. The van der Waals surface area contributed by atoms with Crippen molar-refractivity contribution in [2.24, 2.45) is 0 Å². The Kier molecular flexibility index (Phi) is 5.35. The van der Waals surface area contributed by atoms with Crippen LogP contribution < -0.4 is 4.72 Å². The van der Waals surface area contributed by atoms with E-state index in [-0.39, 0.29) is 22.0 Å². The fraction of sp³-hybridized carbons (Fsp3) is 0.188. The number of nitrogens with zero attached hydrogens (tertiary/aromatic N) is 1. The van der Waals surface area contributed by atoms with Crippen LogP contribution in [0.3, 0.4) is 0 Å². The Morgan fingerprint density at radius 2 is 1.89 bits per heavy atom. The summed E-state index contributed by atoms with van der Waals surface area (Å²) in [6.07, 6.45) is -4.66. The van der Waals surface area contributed by atoms with Gasteiger partial charge in [0.05, 0.1) is 9.77 Å². The third kappa shape index (κ3) is 4.52. The van der Waals surface area contributed by atoms with Gasteiger partial charge >= 0.3 is 6.18 Å². The lowest BCUT2D eigenvalue weighted by atomic mass is 10.2. The highest BCUT2D eigenvalue weighted by Gasteiger charge is 2.36. The highest BCUT2D eigenvalue weighted by atomic mass is 35.5. The van der Waals surface area contributed by atoms with E-state index in [1.165, 1.54) is 6.07 Å². The molecule has 0 unspecified atom stereocenters. The molecule has 0 spiro atoms. The normalized spacial score (nSPS) is 12.5. The van der Waals surface area contributed by atoms with Gasteiger partial charge in [-0.2, -0.15) is 13.2 Å². The standard InChI is InChI=1S/C16H12ClF3N2O3S2/c1-9-14(27(23,24)21-8-10-2-4-11(17)5-3-10)7-13(26-9)12-6-15(25-22-12)16(18,19)20/h2-7,21H,8H2,1H3. The first-order valence-electron chi connectivity index (χ1n) is 7.45. The summed E-state index contributed by atoms with van der Waals surface area (Å²) in [6, 6.07) is 8.67. The van der Waals surface area contributed by atoms with E-state index in [1.54, 1.807) is 31.2 Å². The summed E-state index contributed by atoms with van der Waals surface area (Å²) in [4.78, 5) is 0.664. The molecule has 0 aliphatic heterocycles. The van der Waals surface area contributed by atoms with Crippen molar-refractivity contribution in [3.8, 4) is 10.6 Å². The number of sulfonamides is 1. The van der Waals surface area contributed by atoms with Crippen LogP contribution >= 0.6 is 22.9 Å². The van der Waals surface area contributed by atoms with Crippen LogP contribution in [0.5, 0.6) is 0 Å². The molecule has 2 heterocycles. The number of aryl methyl sites for hydroxylation is 1. The number of alkyl halides is 3. The van der Waals surface area contributed by atoms with Crippen LogP contribution in [0.1, 0.15) is 16.2 Å². The van der Waals surface area contributed by atoms with Crippen molar-refractivity contribution in [1.29, 1.82) is 0 Å². The SMILES string of the molecule is Cc1sc(-c2cc(C(F)(F)F)on2)cc1S(=O)(=O)NCc1ccc(Cl)cc1. The van der Waals surface area contributed by atoms with Crippen LogP contribution in [0.25, 0.3) is 10.6 Å². The van der Waals surface area contributed by atoms with E-state index in [2.05, 4.69) is 14.4 Å². The van der Waals surface area contributed by atoms with Gasteiger partial charge in [-0.1, -0.05) is 28.9 Å². The molecule has 11 heteroatoms. The molecule has 144 valence electrons. The lowest BCUT2D eigenvalue weighted by molar-refractivity contribution is -0.155. The molecule has 0 amide bonds. The summed E-state index contributed by atoms with van der Waals surface area (Å²) in [6.45, 7) is 1.61. The summed E-state index contributed by atoms with van der Waals surface area (Å²) in [5.41, 5.74) is 0.636. The molecule has 0 aliphatic carbocycles. The van der Waals surface area contributed by atoms with E-state index in [0.717, 1.165) is 17.4 Å². The molecule has 0 radical (unpaired) electrons.